The van der Waals surface area contributed by atoms with Crippen LogP contribution >= 0.6 is 0 Å². The van der Waals surface area contributed by atoms with E-state index in [-0.39, 0.29) is 5.69 Å². The van der Waals surface area contributed by atoms with Gasteiger partial charge in [0.25, 0.3) is 11.7 Å². The average Bonchev–Trinajstić information content (AvgIpc) is 2.88. The average molecular weight is 270 g/mol. The van der Waals surface area contributed by atoms with Crippen LogP contribution in [0.1, 0.15) is 5.56 Å². The minimum Gasteiger partial charge on any atom is -0.424 e. The summed E-state index contributed by atoms with van der Waals surface area (Å²) in [6, 6.07) is 8.40. The molecule has 3 rings (SSSR count). The molecular formula is C13H10N4O3. The number of fused-ring (bicyclic) bond motifs is 1. The first kappa shape index (κ1) is 12.1. The first-order valence-electron chi connectivity index (χ1n) is 5.90. The van der Waals surface area contributed by atoms with Gasteiger partial charge in [-0.1, -0.05) is 0 Å². The molecule has 7 heteroatoms. The van der Waals surface area contributed by atoms with Crippen molar-refractivity contribution < 1.29 is 9.34 Å². The third kappa shape index (κ3) is 2.41. The highest BCUT2D eigenvalue weighted by Crippen LogP contribution is 2.23. The van der Waals surface area contributed by atoms with E-state index < -0.39 is 4.92 Å². The minimum atomic E-state index is -0.460. The Morgan fingerprint density at radius 3 is 2.80 bits per heavy atom. The maximum atomic E-state index is 10.7. The summed E-state index contributed by atoms with van der Waals surface area (Å²) in [5.41, 5.74) is 1.99. The molecule has 1 N–H and O–H groups in total. The molecule has 7 nitrogen and oxygen atoms in total. The third-order valence-corrected chi connectivity index (χ3v) is 2.78. The Morgan fingerprint density at radius 2 is 2.05 bits per heavy atom. The van der Waals surface area contributed by atoms with Crippen molar-refractivity contribution >= 4 is 22.8 Å². The highest BCUT2D eigenvalue weighted by molar-refractivity contribution is 5.77. The number of nitro benzene ring substituents is 1. The van der Waals surface area contributed by atoms with Gasteiger partial charge in [0.05, 0.1) is 4.92 Å². The molecule has 0 saturated heterocycles. The lowest BCUT2D eigenvalue weighted by Crippen LogP contribution is -1.99. The van der Waals surface area contributed by atoms with Crippen LogP contribution in [0.5, 0.6) is 0 Å². The van der Waals surface area contributed by atoms with Crippen LogP contribution in [0, 0.1) is 10.1 Å². The van der Waals surface area contributed by atoms with Crippen molar-refractivity contribution in [3.8, 4) is 0 Å². The number of hydrogen-bond donors (Lipinski definition) is 1. The Hall–Kier alpha value is -2.96. The molecule has 0 aliphatic heterocycles. The molecule has 0 aliphatic rings. The lowest BCUT2D eigenvalue weighted by atomic mass is 10.3. The molecule has 3 aromatic rings. The summed E-state index contributed by atoms with van der Waals surface area (Å²) in [6.07, 6.45) is 3.40. The largest absolute Gasteiger partial charge is 0.424 e. The van der Waals surface area contributed by atoms with E-state index in [4.69, 9.17) is 4.42 Å². The number of rotatable bonds is 4. The number of nitrogens with zero attached hydrogens (tertiary/aromatic N) is 3. The van der Waals surface area contributed by atoms with Gasteiger partial charge in [-0.3, -0.25) is 15.1 Å². The summed E-state index contributed by atoms with van der Waals surface area (Å²) >= 11 is 0. The molecule has 0 spiro atoms. The molecule has 20 heavy (non-hydrogen) atoms. The van der Waals surface area contributed by atoms with Crippen LogP contribution in [0.3, 0.4) is 0 Å². The minimum absolute atomic E-state index is 0.00789. The van der Waals surface area contributed by atoms with Crippen LogP contribution < -0.4 is 5.32 Å². The molecule has 2 heterocycles. The summed E-state index contributed by atoms with van der Waals surface area (Å²) < 4.78 is 5.46. The molecule has 0 radical (unpaired) electrons. The molecule has 0 unspecified atom stereocenters. The zero-order valence-corrected chi connectivity index (χ0v) is 10.3. The second-order valence-corrected chi connectivity index (χ2v) is 4.14. The molecule has 0 bridgehead atoms. The van der Waals surface area contributed by atoms with Crippen LogP contribution in [0.25, 0.3) is 11.1 Å². The normalized spacial score (nSPS) is 10.6. The van der Waals surface area contributed by atoms with E-state index in [2.05, 4.69) is 15.3 Å². The van der Waals surface area contributed by atoms with Crippen molar-refractivity contribution in [3.63, 3.8) is 0 Å². The Kier molecular flexibility index (Phi) is 3.00. The molecule has 0 saturated carbocycles. The summed E-state index contributed by atoms with van der Waals surface area (Å²) in [5.74, 6) is 0. The van der Waals surface area contributed by atoms with Gasteiger partial charge < -0.3 is 9.73 Å². The number of pyridine rings is 1. The lowest BCUT2D eigenvalue weighted by molar-refractivity contribution is -0.384. The van der Waals surface area contributed by atoms with E-state index >= 15 is 0 Å². The van der Waals surface area contributed by atoms with Crippen molar-refractivity contribution in [1.82, 2.24) is 9.97 Å². The summed E-state index contributed by atoms with van der Waals surface area (Å²) in [5, 5.41) is 13.7. The molecule has 2 aromatic heterocycles. The number of aromatic nitrogens is 2. The van der Waals surface area contributed by atoms with E-state index in [1.807, 2.05) is 12.1 Å². The van der Waals surface area contributed by atoms with E-state index in [1.54, 1.807) is 12.4 Å². The molecular weight excluding hydrogens is 260 g/mol. The van der Waals surface area contributed by atoms with Gasteiger partial charge in [-0.25, -0.2) is 0 Å². The predicted octanol–water partition coefficient (Wildman–Crippen LogP) is 2.74. The van der Waals surface area contributed by atoms with Crippen molar-refractivity contribution in [3.05, 3.63) is 58.4 Å². The molecule has 0 amide bonds. The van der Waals surface area contributed by atoms with Gasteiger partial charge in [-0.05, 0) is 23.8 Å². The highest BCUT2D eigenvalue weighted by atomic mass is 16.6. The van der Waals surface area contributed by atoms with E-state index in [9.17, 15) is 10.1 Å². The van der Waals surface area contributed by atoms with Gasteiger partial charge in [0.2, 0.25) is 0 Å². The predicted molar refractivity (Wildman–Crippen MR) is 72.2 cm³/mol. The monoisotopic (exact) mass is 270 g/mol. The second-order valence-electron chi connectivity index (χ2n) is 4.14. The number of anilines is 1. The molecule has 0 fully saturated rings. The third-order valence-electron chi connectivity index (χ3n) is 2.78. The summed E-state index contributed by atoms with van der Waals surface area (Å²) in [4.78, 5) is 18.3. The number of oxazole rings is 1. The second kappa shape index (κ2) is 4.96. The van der Waals surface area contributed by atoms with Gasteiger partial charge in [-0.2, -0.15) is 4.98 Å². The van der Waals surface area contributed by atoms with Gasteiger partial charge in [-0.15, -0.1) is 0 Å². The number of nitrogens with one attached hydrogen (secondary N) is 1. The topological polar surface area (TPSA) is 94.1 Å². The Morgan fingerprint density at radius 1 is 1.25 bits per heavy atom. The van der Waals surface area contributed by atoms with Crippen molar-refractivity contribution in [1.29, 1.82) is 0 Å². The standard InChI is InChI=1S/C13H10N4O3/c18-17(19)10-1-2-12-11(7-10)16-13(20-12)15-8-9-3-5-14-6-4-9/h1-7H,8H2,(H,15,16). The quantitative estimate of drug-likeness (QED) is 0.578. The Balaban J connectivity index is 1.80. The van der Waals surface area contributed by atoms with Crippen molar-refractivity contribution in [2.75, 3.05) is 5.32 Å². The van der Waals surface area contributed by atoms with Gasteiger partial charge in [0.1, 0.15) is 5.52 Å². The maximum Gasteiger partial charge on any atom is 0.295 e. The van der Waals surface area contributed by atoms with Crippen LogP contribution in [0.2, 0.25) is 0 Å². The lowest BCUT2D eigenvalue weighted by Gasteiger charge is -2.00. The fraction of sp³-hybridized carbons (Fsp3) is 0.0769. The molecule has 100 valence electrons. The molecule has 1 aromatic carbocycles. The fourth-order valence-corrected chi connectivity index (χ4v) is 1.78. The van der Waals surface area contributed by atoms with Gasteiger partial charge in [0, 0.05) is 31.1 Å². The van der Waals surface area contributed by atoms with Crippen LogP contribution in [-0.2, 0) is 6.54 Å². The summed E-state index contributed by atoms with van der Waals surface area (Å²) in [6.45, 7) is 0.539. The maximum absolute atomic E-state index is 10.7. The molecule has 0 atom stereocenters. The smallest absolute Gasteiger partial charge is 0.295 e. The Bertz CT molecular complexity index is 755. The van der Waals surface area contributed by atoms with Crippen LogP contribution in [-0.4, -0.2) is 14.9 Å². The SMILES string of the molecule is O=[N+]([O-])c1ccc2oc(NCc3ccncc3)nc2c1. The van der Waals surface area contributed by atoms with Crippen LogP contribution in [0.15, 0.2) is 47.1 Å². The zero-order valence-electron chi connectivity index (χ0n) is 10.3. The first-order chi connectivity index (χ1) is 9.72. The summed E-state index contributed by atoms with van der Waals surface area (Å²) in [7, 11) is 0. The van der Waals surface area contributed by atoms with Crippen molar-refractivity contribution in [2.45, 2.75) is 6.54 Å². The van der Waals surface area contributed by atoms with E-state index in [0.717, 1.165) is 5.56 Å². The fourth-order valence-electron chi connectivity index (χ4n) is 1.78. The number of hydrogen-bond acceptors (Lipinski definition) is 6. The van der Waals surface area contributed by atoms with E-state index in [0.29, 0.717) is 23.7 Å². The van der Waals surface area contributed by atoms with Gasteiger partial charge >= 0.3 is 0 Å². The molecule has 0 aliphatic carbocycles. The number of non-ortho nitro benzene ring substituents is 1. The zero-order chi connectivity index (χ0) is 13.9. The van der Waals surface area contributed by atoms with E-state index in [1.165, 1.54) is 18.2 Å². The van der Waals surface area contributed by atoms with Gasteiger partial charge in [0.15, 0.2) is 5.58 Å². The number of nitro groups is 1. The number of benzene rings is 1. The van der Waals surface area contributed by atoms with Crippen molar-refractivity contribution in [2.24, 2.45) is 0 Å². The van der Waals surface area contributed by atoms with Crippen LogP contribution in [0.4, 0.5) is 11.7 Å². The highest BCUT2D eigenvalue weighted by Gasteiger charge is 2.11. The Labute approximate surface area is 113 Å². The first-order valence-corrected chi connectivity index (χ1v) is 5.90.